The average Bonchev–Trinajstić information content (AvgIpc) is 2.60. The van der Waals surface area contributed by atoms with Gasteiger partial charge in [-0.05, 0) is 30.2 Å². The summed E-state index contributed by atoms with van der Waals surface area (Å²) in [4.78, 5) is 10.4. The molecule has 0 bridgehead atoms. The number of aliphatic hydroxyl groups is 1. The number of aryl methyl sites for hydroxylation is 1. The molecule has 0 aliphatic carbocycles. The molecule has 0 atom stereocenters. The molecule has 0 unspecified atom stereocenters. The van der Waals surface area contributed by atoms with E-state index in [9.17, 15) is 18.5 Å². The third-order valence-corrected chi connectivity index (χ3v) is 4.91. The SMILES string of the molecule is CCc1ccc(S(=O)(=O)Nc2cc([N+](=O)[O-])ccc2NCCO)cc1. The molecule has 0 aliphatic rings. The number of anilines is 2. The van der Waals surface area contributed by atoms with Crippen LogP contribution < -0.4 is 10.0 Å². The van der Waals surface area contributed by atoms with E-state index in [1.165, 1.54) is 24.3 Å². The summed E-state index contributed by atoms with van der Waals surface area (Å²) in [6.07, 6.45) is 0.786. The zero-order valence-electron chi connectivity index (χ0n) is 13.6. The summed E-state index contributed by atoms with van der Waals surface area (Å²) in [6, 6.07) is 10.2. The van der Waals surface area contributed by atoms with Crippen molar-refractivity contribution < 1.29 is 18.4 Å². The first kappa shape index (κ1) is 18.7. The van der Waals surface area contributed by atoms with Crippen LogP contribution in [-0.4, -0.2) is 31.6 Å². The largest absolute Gasteiger partial charge is 0.395 e. The molecule has 2 aromatic rings. The maximum atomic E-state index is 12.6. The number of rotatable bonds is 8. The average molecular weight is 365 g/mol. The molecule has 0 heterocycles. The van der Waals surface area contributed by atoms with Crippen molar-refractivity contribution in [2.45, 2.75) is 18.2 Å². The van der Waals surface area contributed by atoms with E-state index in [-0.39, 0.29) is 29.4 Å². The second-order valence-electron chi connectivity index (χ2n) is 5.24. The van der Waals surface area contributed by atoms with Crippen LogP contribution in [0.15, 0.2) is 47.4 Å². The summed E-state index contributed by atoms with van der Waals surface area (Å²) < 4.78 is 27.5. The number of non-ortho nitro benzene ring substituents is 1. The Hall–Kier alpha value is -2.65. The summed E-state index contributed by atoms with van der Waals surface area (Å²) >= 11 is 0. The van der Waals surface area contributed by atoms with Crippen LogP contribution in [0.5, 0.6) is 0 Å². The molecule has 0 amide bonds. The van der Waals surface area contributed by atoms with Crippen molar-refractivity contribution in [1.29, 1.82) is 0 Å². The van der Waals surface area contributed by atoms with Crippen molar-refractivity contribution in [3.8, 4) is 0 Å². The minimum absolute atomic E-state index is 0.0437. The number of hydrogen-bond acceptors (Lipinski definition) is 6. The van der Waals surface area contributed by atoms with Crippen LogP contribution in [-0.2, 0) is 16.4 Å². The van der Waals surface area contributed by atoms with Crippen LogP contribution in [0, 0.1) is 10.1 Å². The summed E-state index contributed by atoms with van der Waals surface area (Å²) in [5.41, 5.74) is 1.14. The topological polar surface area (TPSA) is 122 Å². The fourth-order valence-electron chi connectivity index (χ4n) is 2.18. The van der Waals surface area contributed by atoms with Crippen molar-refractivity contribution in [2.24, 2.45) is 0 Å². The highest BCUT2D eigenvalue weighted by Crippen LogP contribution is 2.29. The lowest BCUT2D eigenvalue weighted by Crippen LogP contribution is -2.15. The molecule has 0 radical (unpaired) electrons. The quantitative estimate of drug-likeness (QED) is 0.488. The van der Waals surface area contributed by atoms with Crippen molar-refractivity contribution in [3.63, 3.8) is 0 Å². The highest BCUT2D eigenvalue weighted by Gasteiger charge is 2.18. The maximum Gasteiger partial charge on any atom is 0.271 e. The molecule has 2 aromatic carbocycles. The van der Waals surface area contributed by atoms with Gasteiger partial charge in [0.05, 0.1) is 27.8 Å². The highest BCUT2D eigenvalue weighted by atomic mass is 32.2. The molecule has 2 rings (SSSR count). The van der Waals surface area contributed by atoms with E-state index in [0.29, 0.717) is 5.69 Å². The Bertz CT molecular complexity index is 851. The lowest BCUT2D eigenvalue weighted by atomic mass is 10.2. The molecule has 0 aromatic heterocycles. The van der Waals surface area contributed by atoms with E-state index >= 15 is 0 Å². The molecule has 9 heteroatoms. The van der Waals surface area contributed by atoms with Gasteiger partial charge in [-0.2, -0.15) is 0 Å². The Kier molecular flexibility index (Phi) is 5.94. The van der Waals surface area contributed by atoms with Crippen LogP contribution in [0.3, 0.4) is 0 Å². The second kappa shape index (κ2) is 7.95. The molecule has 0 saturated carbocycles. The molecule has 8 nitrogen and oxygen atoms in total. The van der Waals surface area contributed by atoms with Crippen LogP contribution in [0.2, 0.25) is 0 Å². The third-order valence-electron chi connectivity index (χ3n) is 3.53. The number of nitro groups is 1. The van der Waals surface area contributed by atoms with Gasteiger partial charge in [-0.15, -0.1) is 0 Å². The van der Waals surface area contributed by atoms with Crippen molar-refractivity contribution in [2.75, 3.05) is 23.2 Å². The smallest absolute Gasteiger partial charge is 0.271 e. The summed E-state index contributed by atoms with van der Waals surface area (Å²) in [6.45, 7) is 1.98. The fraction of sp³-hybridized carbons (Fsp3) is 0.250. The van der Waals surface area contributed by atoms with Gasteiger partial charge in [0.2, 0.25) is 0 Å². The monoisotopic (exact) mass is 365 g/mol. The molecule has 0 saturated heterocycles. The number of hydrogen-bond donors (Lipinski definition) is 3. The minimum atomic E-state index is -3.90. The predicted octanol–water partition coefficient (Wildman–Crippen LogP) is 2.36. The van der Waals surface area contributed by atoms with E-state index in [0.717, 1.165) is 18.1 Å². The first-order valence-electron chi connectivity index (χ1n) is 7.62. The van der Waals surface area contributed by atoms with Crippen LogP contribution >= 0.6 is 0 Å². The Morgan fingerprint density at radius 2 is 1.80 bits per heavy atom. The first-order valence-corrected chi connectivity index (χ1v) is 9.10. The highest BCUT2D eigenvalue weighted by molar-refractivity contribution is 7.92. The van der Waals surface area contributed by atoms with Gasteiger partial charge in [-0.25, -0.2) is 8.42 Å². The van der Waals surface area contributed by atoms with Gasteiger partial charge in [-0.3, -0.25) is 14.8 Å². The lowest BCUT2D eigenvalue weighted by Gasteiger charge is -2.14. The zero-order valence-corrected chi connectivity index (χ0v) is 14.4. The molecular weight excluding hydrogens is 346 g/mol. The number of benzene rings is 2. The Labute approximate surface area is 145 Å². The number of nitrogens with zero attached hydrogens (tertiary/aromatic N) is 1. The normalized spacial score (nSPS) is 11.1. The van der Waals surface area contributed by atoms with Crippen molar-refractivity contribution in [3.05, 3.63) is 58.1 Å². The predicted molar refractivity (Wildman–Crippen MR) is 95.3 cm³/mol. The number of nitro benzene ring substituents is 1. The van der Waals surface area contributed by atoms with Crippen LogP contribution in [0.1, 0.15) is 12.5 Å². The Morgan fingerprint density at radius 1 is 1.12 bits per heavy atom. The van der Waals surface area contributed by atoms with Gasteiger partial charge < -0.3 is 10.4 Å². The number of aliphatic hydroxyl groups excluding tert-OH is 1. The van der Waals surface area contributed by atoms with Gasteiger partial charge >= 0.3 is 0 Å². The minimum Gasteiger partial charge on any atom is -0.395 e. The molecule has 25 heavy (non-hydrogen) atoms. The maximum absolute atomic E-state index is 12.6. The molecule has 0 aliphatic heterocycles. The van der Waals surface area contributed by atoms with Crippen LogP contribution in [0.4, 0.5) is 17.1 Å². The molecule has 0 fully saturated rings. The molecular formula is C16H19N3O5S. The molecule has 3 N–H and O–H groups in total. The summed E-state index contributed by atoms with van der Waals surface area (Å²) in [7, 11) is -3.90. The second-order valence-corrected chi connectivity index (χ2v) is 6.92. The standard InChI is InChI=1S/C16H19N3O5S/c1-2-12-3-6-14(7-4-12)25(23,24)18-16-11-13(19(21)22)5-8-15(16)17-9-10-20/h3-8,11,17-18,20H,2,9-10H2,1H3. The van der Waals surface area contributed by atoms with Crippen molar-refractivity contribution >= 4 is 27.1 Å². The van der Waals surface area contributed by atoms with E-state index in [1.54, 1.807) is 12.1 Å². The van der Waals surface area contributed by atoms with Gasteiger partial charge in [0.15, 0.2) is 0 Å². The number of nitrogens with one attached hydrogen (secondary N) is 2. The fourth-order valence-corrected chi connectivity index (χ4v) is 3.25. The first-order chi connectivity index (χ1) is 11.9. The molecule has 0 spiro atoms. The van der Waals surface area contributed by atoms with Crippen molar-refractivity contribution in [1.82, 2.24) is 0 Å². The van der Waals surface area contributed by atoms with Gasteiger partial charge in [0, 0.05) is 18.7 Å². The number of sulfonamides is 1. The van der Waals surface area contributed by atoms with Gasteiger partial charge in [0.1, 0.15) is 0 Å². The van der Waals surface area contributed by atoms with E-state index in [4.69, 9.17) is 5.11 Å². The Morgan fingerprint density at radius 3 is 2.36 bits per heavy atom. The summed E-state index contributed by atoms with van der Waals surface area (Å²) in [5.74, 6) is 0. The Balaban J connectivity index is 2.37. The lowest BCUT2D eigenvalue weighted by molar-refractivity contribution is -0.384. The van der Waals surface area contributed by atoms with Gasteiger partial charge in [0.25, 0.3) is 15.7 Å². The third kappa shape index (κ3) is 4.68. The summed E-state index contributed by atoms with van der Waals surface area (Å²) in [5, 5.41) is 22.7. The zero-order chi connectivity index (χ0) is 18.4. The van der Waals surface area contributed by atoms with Crippen LogP contribution in [0.25, 0.3) is 0 Å². The van der Waals surface area contributed by atoms with E-state index < -0.39 is 14.9 Å². The van der Waals surface area contributed by atoms with E-state index in [2.05, 4.69) is 10.0 Å². The van der Waals surface area contributed by atoms with E-state index in [1.807, 2.05) is 6.92 Å². The molecule has 134 valence electrons. The van der Waals surface area contributed by atoms with Gasteiger partial charge in [-0.1, -0.05) is 19.1 Å².